The Morgan fingerprint density at radius 3 is 2.34 bits per heavy atom. The smallest absolute Gasteiger partial charge is 0.258 e. The van der Waals surface area contributed by atoms with Crippen LogP contribution >= 0.6 is 23.2 Å². The molecule has 192 valence electrons. The maximum Gasteiger partial charge on any atom is 0.258 e. The molecule has 10 heteroatoms. The summed E-state index contributed by atoms with van der Waals surface area (Å²) in [6.07, 6.45) is 2.02. The molecule has 1 aliphatic carbocycles. The highest BCUT2D eigenvalue weighted by atomic mass is 35.5. The van der Waals surface area contributed by atoms with Gasteiger partial charge in [-0.1, -0.05) is 36.5 Å². The van der Waals surface area contributed by atoms with Crippen LogP contribution in [0.1, 0.15) is 26.2 Å². The van der Waals surface area contributed by atoms with Crippen molar-refractivity contribution in [2.75, 3.05) is 26.3 Å². The Morgan fingerprint density at radius 2 is 1.71 bits per heavy atom. The van der Waals surface area contributed by atoms with Crippen molar-refractivity contribution >= 4 is 29.1 Å². The fourth-order valence-corrected chi connectivity index (χ4v) is 4.32. The second kappa shape index (κ2) is 13.3. The van der Waals surface area contributed by atoms with Gasteiger partial charge in [0.2, 0.25) is 0 Å². The van der Waals surface area contributed by atoms with E-state index >= 15 is 0 Å². The van der Waals surface area contributed by atoms with Crippen molar-refractivity contribution in [2.24, 2.45) is 11.8 Å². The van der Waals surface area contributed by atoms with Gasteiger partial charge in [0.15, 0.2) is 6.61 Å². The molecule has 2 aromatic carbocycles. The minimum atomic E-state index is -0.794. The third kappa shape index (κ3) is 8.79. The fraction of sp³-hybridized carbons (Fsp3) is 0.480. The number of ether oxygens (including phenoxy) is 2. The highest BCUT2D eigenvalue weighted by Gasteiger charge is 2.29. The van der Waals surface area contributed by atoms with Crippen LogP contribution in [0.4, 0.5) is 8.78 Å². The lowest BCUT2D eigenvalue weighted by atomic mass is 9.79. The van der Waals surface area contributed by atoms with Crippen LogP contribution in [0.25, 0.3) is 0 Å². The summed E-state index contributed by atoms with van der Waals surface area (Å²) in [6.45, 7) is 2.81. The zero-order valence-electron chi connectivity index (χ0n) is 19.4. The molecule has 4 atom stereocenters. The molecule has 0 bridgehead atoms. The normalized spacial score (nSPS) is 20.8. The second-order valence-electron chi connectivity index (χ2n) is 8.92. The first kappa shape index (κ1) is 27.5. The van der Waals surface area contributed by atoms with Gasteiger partial charge in [0.05, 0.1) is 10.0 Å². The van der Waals surface area contributed by atoms with Crippen LogP contribution in [0, 0.1) is 23.5 Å². The summed E-state index contributed by atoms with van der Waals surface area (Å²) in [6, 6.07) is 8.09. The van der Waals surface area contributed by atoms with E-state index in [1.165, 1.54) is 30.3 Å². The number of hydrogen-bond acceptors (Lipinski definition) is 5. The van der Waals surface area contributed by atoms with Crippen molar-refractivity contribution in [1.29, 1.82) is 0 Å². The molecule has 1 aliphatic rings. The Morgan fingerprint density at radius 1 is 1.09 bits per heavy atom. The number of hydrogen-bond donors (Lipinski definition) is 3. The van der Waals surface area contributed by atoms with Crippen molar-refractivity contribution in [3.63, 3.8) is 0 Å². The van der Waals surface area contributed by atoms with Crippen molar-refractivity contribution in [1.82, 2.24) is 10.6 Å². The number of nitrogens with one attached hydrogen (secondary N) is 2. The molecular formula is C25H30Cl2F2N2O4. The maximum atomic E-state index is 13.5. The van der Waals surface area contributed by atoms with Crippen molar-refractivity contribution < 1.29 is 28.2 Å². The molecule has 0 spiro atoms. The number of aliphatic hydroxyl groups excluding tert-OH is 1. The first-order valence-corrected chi connectivity index (χ1v) is 12.3. The summed E-state index contributed by atoms with van der Waals surface area (Å²) in [7, 11) is 0. The van der Waals surface area contributed by atoms with Crippen LogP contribution in [0.15, 0.2) is 36.4 Å². The SMILES string of the molecule is CC1CCC(CNC[C@H](O)COc2ccc(Cl)c(F)c2)C(NC(=O)COc2ccc(Cl)c(F)c2)C1. The fourth-order valence-electron chi connectivity index (χ4n) is 4.08. The summed E-state index contributed by atoms with van der Waals surface area (Å²) in [5.74, 6) is -0.295. The van der Waals surface area contributed by atoms with E-state index in [0.717, 1.165) is 25.3 Å². The third-order valence-corrected chi connectivity index (χ3v) is 6.60. The summed E-state index contributed by atoms with van der Waals surface area (Å²) in [4.78, 5) is 12.5. The van der Waals surface area contributed by atoms with Gasteiger partial charge in [0.1, 0.15) is 35.8 Å². The molecule has 0 aliphatic heterocycles. The van der Waals surface area contributed by atoms with Crippen LogP contribution in [0.5, 0.6) is 11.5 Å². The zero-order chi connectivity index (χ0) is 25.4. The van der Waals surface area contributed by atoms with Gasteiger partial charge in [-0.05, 0) is 48.9 Å². The minimum absolute atomic E-state index is 0.00142. The van der Waals surface area contributed by atoms with Gasteiger partial charge in [-0.25, -0.2) is 8.78 Å². The Bertz CT molecular complexity index is 998. The van der Waals surface area contributed by atoms with E-state index < -0.39 is 17.7 Å². The number of benzene rings is 2. The van der Waals surface area contributed by atoms with Gasteiger partial charge >= 0.3 is 0 Å². The van der Waals surface area contributed by atoms with Gasteiger partial charge in [0.25, 0.3) is 5.91 Å². The second-order valence-corrected chi connectivity index (χ2v) is 9.73. The lowest BCUT2D eigenvalue weighted by Crippen LogP contribution is -2.49. The van der Waals surface area contributed by atoms with E-state index in [1.54, 1.807) is 0 Å². The van der Waals surface area contributed by atoms with Gasteiger partial charge in [0, 0.05) is 31.3 Å². The summed E-state index contributed by atoms with van der Waals surface area (Å²) in [5.41, 5.74) is 0. The van der Waals surface area contributed by atoms with Crippen LogP contribution < -0.4 is 20.1 Å². The Labute approximate surface area is 213 Å². The molecule has 3 N–H and O–H groups in total. The molecule has 1 fully saturated rings. The number of halogens is 4. The molecule has 0 radical (unpaired) electrons. The predicted octanol–water partition coefficient (Wildman–Crippen LogP) is 4.60. The molecule has 6 nitrogen and oxygen atoms in total. The van der Waals surface area contributed by atoms with Gasteiger partial charge < -0.3 is 25.2 Å². The molecule has 3 rings (SSSR count). The Balaban J connectivity index is 1.41. The highest BCUT2D eigenvalue weighted by Crippen LogP contribution is 2.29. The summed E-state index contributed by atoms with van der Waals surface area (Å²) >= 11 is 11.3. The van der Waals surface area contributed by atoms with Gasteiger partial charge in [-0.3, -0.25) is 4.79 Å². The highest BCUT2D eigenvalue weighted by molar-refractivity contribution is 6.31. The van der Waals surface area contributed by atoms with Crippen LogP contribution in [-0.4, -0.2) is 49.5 Å². The summed E-state index contributed by atoms with van der Waals surface area (Å²) < 4.78 is 37.8. The van der Waals surface area contributed by atoms with E-state index in [2.05, 4.69) is 17.6 Å². The third-order valence-electron chi connectivity index (χ3n) is 5.98. The maximum absolute atomic E-state index is 13.5. The molecule has 35 heavy (non-hydrogen) atoms. The lowest BCUT2D eigenvalue weighted by Gasteiger charge is -2.35. The molecule has 1 saturated carbocycles. The van der Waals surface area contributed by atoms with Crippen molar-refractivity contribution in [3.8, 4) is 11.5 Å². The topological polar surface area (TPSA) is 79.8 Å². The van der Waals surface area contributed by atoms with Crippen LogP contribution in [-0.2, 0) is 4.79 Å². The predicted molar refractivity (Wildman–Crippen MR) is 131 cm³/mol. The van der Waals surface area contributed by atoms with E-state index in [4.69, 9.17) is 32.7 Å². The molecule has 2 aromatic rings. The van der Waals surface area contributed by atoms with E-state index in [1.807, 2.05) is 0 Å². The number of rotatable bonds is 11. The number of carbonyl (C=O) groups is 1. The van der Waals surface area contributed by atoms with E-state index in [9.17, 15) is 18.7 Å². The monoisotopic (exact) mass is 530 g/mol. The minimum Gasteiger partial charge on any atom is -0.491 e. The number of amides is 1. The van der Waals surface area contributed by atoms with Crippen molar-refractivity contribution in [2.45, 2.75) is 38.3 Å². The lowest BCUT2D eigenvalue weighted by molar-refractivity contribution is -0.124. The molecule has 0 saturated heterocycles. The molecular weight excluding hydrogens is 501 g/mol. The zero-order valence-corrected chi connectivity index (χ0v) is 20.9. The largest absolute Gasteiger partial charge is 0.491 e. The first-order valence-electron chi connectivity index (χ1n) is 11.5. The summed E-state index contributed by atoms with van der Waals surface area (Å²) in [5, 5.41) is 16.5. The van der Waals surface area contributed by atoms with Crippen LogP contribution in [0.3, 0.4) is 0 Å². The molecule has 3 unspecified atom stereocenters. The van der Waals surface area contributed by atoms with E-state index in [0.29, 0.717) is 18.2 Å². The van der Waals surface area contributed by atoms with Gasteiger partial charge in [-0.2, -0.15) is 0 Å². The molecule has 1 amide bonds. The molecule has 0 aromatic heterocycles. The number of carbonyl (C=O) groups excluding carboxylic acids is 1. The van der Waals surface area contributed by atoms with Crippen LogP contribution in [0.2, 0.25) is 10.0 Å². The average Bonchev–Trinajstić information content (AvgIpc) is 2.82. The first-order chi connectivity index (χ1) is 16.7. The standard InChI is InChI=1S/C25H30Cl2F2N2O4/c1-15-2-3-16(11-30-12-17(32)13-34-18-4-6-20(26)22(28)9-18)24(8-15)31-25(33)14-35-19-5-7-21(27)23(29)10-19/h4-7,9-10,15-17,24,30,32H,2-3,8,11-14H2,1H3,(H,31,33)/t15?,16?,17-,24?/m0/s1. The van der Waals surface area contributed by atoms with Crippen molar-refractivity contribution in [3.05, 3.63) is 58.1 Å². The van der Waals surface area contributed by atoms with E-state index in [-0.39, 0.29) is 53.4 Å². The number of aliphatic hydroxyl groups is 1. The van der Waals surface area contributed by atoms with Gasteiger partial charge in [-0.15, -0.1) is 0 Å². The molecule has 0 heterocycles. The Hall–Kier alpha value is -2.13. The quantitative estimate of drug-likeness (QED) is 0.395. The average molecular weight is 531 g/mol. The Kier molecular flexibility index (Phi) is 10.4.